The van der Waals surface area contributed by atoms with Gasteiger partial charge in [0.1, 0.15) is 11.9 Å². The number of anilines is 2. The number of carbonyl (C=O) groups is 2. The van der Waals surface area contributed by atoms with Gasteiger partial charge >= 0.3 is 5.69 Å². The van der Waals surface area contributed by atoms with Crippen molar-refractivity contribution < 1.29 is 19.4 Å². The van der Waals surface area contributed by atoms with E-state index in [-0.39, 0.29) is 11.4 Å². The first-order chi connectivity index (χ1) is 18.9. The summed E-state index contributed by atoms with van der Waals surface area (Å²) in [5.41, 5.74) is 9.33. The summed E-state index contributed by atoms with van der Waals surface area (Å²) < 4.78 is 0. The molecule has 0 aliphatic heterocycles. The molecule has 0 spiro atoms. The average Bonchev–Trinajstić information content (AvgIpc) is 2.96. The summed E-state index contributed by atoms with van der Waals surface area (Å²) in [7, 11) is 0. The maximum absolute atomic E-state index is 13.2. The van der Waals surface area contributed by atoms with E-state index in [0.29, 0.717) is 11.1 Å². The van der Waals surface area contributed by atoms with Crippen LogP contribution in [0.4, 0.5) is 23.0 Å². The molecule has 0 unspecified atom stereocenters. The van der Waals surface area contributed by atoms with Crippen molar-refractivity contribution in [1.82, 2.24) is 20.8 Å². The van der Waals surface area contributed by atoms with Gasteiger partial charge in [-0.25, -0.2) is 9.97 Å². The van der Waals surface area contributed by atoms with Crippen LogP contribution in [0, 0.1) is 20.2 Å². The summed E-state index contributed by atoms with van der Waals surface area (Å²) >= 11 is 0. The highest BCUT2D eigenvalue weighted by Crippen LogP contribution is 2.29. The smallest absolute Gasteiger partial charge is 0.276 e. The third kappa shape index (κ3) is 6.08. The maximum Gasteiger partial charge on any atom is 0.356 e. The summed E-state index contributed by atoms with van der Waals surface area (Å²) in [5, 5.41) is 23.0. The molecule has 0 aliphatic rings. The van der Waals surface area contributed by atoms with Gasteiger partial charge in [0.25, 0.3) is 11.6 Å². The molecule has 0 fully saturated rings. The Morgan fingerprint density at radius 2 is 1.21 bits per heavy atom. The van der Waals surface area contributed by atoms with E-state index >= 15 is 0 Å². The number of nitrogens with zero attached hydrogens (tertiary/aromatic N) is 4. The number of hydrazine groups is 2. The minimum absolute atomic E-state index is 0.273. The zero-order chi connectivity index (χ0) is 27.8. The third-order valence-corrected chi connectivity index (χ3v) is 5.48. The number of carbonyl (C=O) groups excluding carboxylic acids is 2. The first-order valence-electron chi connectivity index (χ1n) is 11.3. The SMILES string of the molecule is O=C(NNc1ncnc(NNC(=O)C(c2ccccc2)c2ccccc2)c1[N+](=O)[O-])c1ccccc1[N+](=O)[O-]. The average molecular weight is 528 g/mol. The minimum atomic E-state index is -0.924. The molecule has 14 heteroatoms. The second kappa shape index (κ2) is 11.9. The lowest BCUT2D eigenvalue weighted by Gasteiger charge is -2.18. The summed E-state index contributed by atoms with van der Waals surface area (Å²) in [6.45, 7) is 0. The van der Waals surface area contributed by atoms with Crippen molar-refractivity contribution in [3.05, 3.63) is 128 Å². The number of rotatable bonds is 10. The van der Waals surface area contributed by atoms with Crippen LogP contribution in [-0.2, 0) is 4.79 Å². The van der Waals surface area contributed by atoms with E-state index in [4.69, 9.17) is 0 Å². The van der Waals surface area contributed by atoms with Gasteiger partial charge in [0.15, 0.2) is 0 Å². The number of hydrogen-bond donors (Lipinski definition) is 4. The predicted octanol–water partition coefficient (Wildman–Crippen LogP) is 3.33. The number of aromatic nitrogens is 2. The summed E-state index contributed by atoms with van der Waals surface area (Å²) in [6, 6.07) is 23.1. The Morgan fingerprint density at radius 3 is 1.74 bits per heavy atom. The van der Waals surface area contributed by atoms with Gasteiger partial charge < -0.3 is 0 Å². The van der Waals surface area contributed by atoms with Gasteiger partial charge in [-0.05, 0) is 17.2 Å². The minimum Gasteiger partial charge on any atom is -0.276 e. The van der Waals surface area contributed by atoms with Gasteiger partial charge in [-0.15, -0.1) is 0 Å². The van der Waals surface area contributed by atoms with Crippen molar-refractivity contribution in [2.45, 2.75) is 5.92 Å². The monoisotopic (exact) mass is 528 g/mol. The highest BCUT2D eigenvalue weighted by molar-refractivity contribution is 5.98. The second-order valence-electron chi connectivity index (χ2n) is 7.90. The molecule has 1 aromatic heterocycles. The topological polar surface area (TPSA) is 194 Å². The van der Waals surface area contributed by atoms with Crippen molar-refractivity contribution in [2.24, 2.45) is 0 Å². The van der Waals surface area contributed by atoms with Crippen molar-refractivity contribution >= 4 is 34.8 Å². The number of amides is 2. The molecule has 0 aliphatic carbocycles. The van der Waals surface area contributed by atoms with E-state index < -0.39 is 44.8 Å². The predicted molar refractivity (Wildman–Crippen MR) is 139 cm³/mol. The summed E-state index contributed by atoms with van der Waals surface area (Å²) in [6.07, 6.45) is 0.965. The highest BCUT2D eigenvalue weighted by Gasteiger charge is 2.27. The van der Waals surface area contributed by atoms with Crippen molar-refractivity contribution in [3.8, 4) is 0 Å². The van der Waals surface area contributed by atoms with E-state index in [1.807, 2.05) is 12.1 Å². The molecule has 3 aromatic carbocycles. The van der Waals surface area contributed by atoms with Gasteiger partial charge in [-0.3, -0.25) is 51.5 Å². The Morgan fingerprint density at radius 1 is 0.692 bits per heavy atom. The number of nitrogens with one attached hydrogen (secondary N) is 4. The van der Waals surface area contributed by atoms with Gasteiger partial charge in [-0.1, -0.05) is 72.8 Å². The molecule has 2 amide bonds. The zero-order valence-electron chi connectivity index (χ0n) is 20.0. The number of benzene rings is 3. The summed E-state index contributed by atoms with van der Waals surface area (Å²) in [5.74, 6) is -2.97. The molecule has 1 heterocycles. The zero-order valence-corrected chi connectivity index (χ0v) is 20.0. The molecule has 0 radical (unpaired) electrons. The quantitative estimate of drug-likeness (QED) is 0.175. The first kappa shape index (κ1) is 26.2. The van der Waals surface area contributed by atoms with Crippen LogP contribution in [0.25, 0.3) is 0 Å². The van der Waals surface area contributed by atoms with E-state index in [1.54, 1.807) is 48.5 Å². The fraction of sp³-hybridized carbons (Fsp3) is 0.0400. The van der Waals surface area contributed by atoms with Crippen LogP contribution in [0.2, 0.25) is 0 Å². The van der Waals surface area contributed by atoms with E-state index in [1.165, 1.54) is 18.2 Å². The lowest BCUT2D eigenvalue weighted by molar-refractivity contribution is -0.385. The Balaban J connectivity index is 1.53. The van der Waals surface area contributed by atoms with Crippen molar-refractivity contribution in [2.75, 3.05) is 10.9 Å². The molecular formula is C25H20N8O6. The van der Waals surface area contributed by atoms with Crippen LogP contribution < -0.4 is 21.7 Å². The Hall–Kier alpha value is -5.92. The highest BCUT2D eigenvalue weighted by atomic mass is 16.6. The number of hydrogen-bond acceptors (Lipinski definition) is 10. The molecule has 14 nitrogen and oxygen atoms in total. The molecule has 0 bridgehead atoms. The lowest BCUT2D eigenvalue weighted by atomic mass is 9.91. The van der Waals surface area contributed by atoms with E-state index in [2.05, 4.69) is 31.7 Å². The summed E-state index contributed by atoms with van der Waals surface area (Å²) in [4.78, 5) is 54.8. The molecule has 39 heavy (non-hydrogen) atoms. The van der Waals surface area contributed by atoms with Crippen LogP contribution in [0.15, 0.2) is 91.3 Å². The number of para-hydroxylation sites is 1. The fourth-order valence-electron chi connectivity index (χ4n) is 3.72. The van der Waals surface area contributed by atoms with Gasteiger partial charge in [-0.2, -0.15) is 0 Å². The molecule has 196 valence electrons. The normalized spacial score (nSPS) is 10.4. The Labute approximate surface area is 220 Å². The molecule has 0 saturated carbocycles. The largest absolute Gasteiger partial charge is 0.356 e. The molecule has 0 atom stereocenters. The fourth-order valence-corrected chi connectivity index (χ4v) is 3.72. The molecule has 4 aromatic rings. The molecule has 4 N–H and O–H groups in total. The van der Waals surface area contributed by atoms with Crippen LogP contribution in [0.5, 0.6) is 0 Å². The Bertz CT molecular complexity index is 1480. The van der Waals surface area contributed by atoms with Crippen LogP contribution in [0.3, 0.4) is 0 Å². The number of nitro groups is 2. The van der Waals surface area contributed by atoms with Gasteiger partial charge in [0.05, 0.1) is 15.8 Å². The van der Waals surface area contributed by atoms with Crippen molar-refractivity contribution in [3.63, 3.8) is 0 Å². The van der Waals surface area contributed by atoms with E-state index in [0.717, 1.165) is 12.4 Å². The van der Waals surface area contributed by atoms with E-state index in [9.17, 15) is 29.8 Å². The van der Waals surface area contributed by atoms with Crippen molar-refractivity contribution in [1.29, 1.82) is 0 Å². The number of nitro benzene ring substituents is 1. The molecular weight excluding hydrogens is 508 g/mol. The maximum atomic E-state index is 13.2. The molecule has 0 saturated heterocycles. The second-order valence-corrected chi connectivity index (χ2v) is 7.90. The van der Waals surface area contributed by atoms with Crippen LogP contribution in [-0.4, -0.2) is 31.6 Å². The third-order valence-electron chi connectivity index (χ3n) is 5.48. The standard InChI is InChI=1S/C25H20N8O6/c34-24(18-13-7-8-14-19(18)32(36)37)30-28-22-21(33(38)39)23(27-15-26-22)29-31-25(35)20(16-9-3-1-4-10-16)17-11-5-2-6-12-17/h1-15,20H,(H,30,34)(H,31,35)(H2,26,27,28,29). The first-order valence-corrected chi connectivity index (χ1v) is 11.3. The lowest BCUT2D eigenvalue weighted by Crippen LogP contribution is -2.35. The molecule has 4 rings (SSSR count). The van der Waals surface area contributed by atoms with Crippen LogP contribution >= 0.6 is 0 Å². The van der Waals surface area contributed by atoms with Gasteiger partial charge in [0.2, 0.25) is 17.5 Å². The van der Waals surface area contributed by atoms with Gasteiger partial charge in [0, 0.05) is 6.07 Å². The van der Waals surface area contributed by atoms with Crippen LogP contribution in [0.1, 0.15) is 27.4 Å². The Kier molecular flexibility index (Phi) is 7.96.